The van der Waals surface area contributed by atoms with Crippen LogP contribution in [0.3, 0.4) is 0 Å². The second-order valence-electron chi connectivity index (χ2n) is 7.65. The predicted octanol–water partition coefficient (Wildman–Crippen LogP) is 3.52. The number of nitrogens with one attached hydrogen (secondary N) is 1. The van der Waals surface area contributed by atoms with Gasteiger partial charge in [-0.3, -0.25) is 4.79 Å². The van der Waals surface area contributed by atoms with Crippen LogP contribution in [0.25, 0.3) is 0 Å². The number of rotatable bonds is 9. The van der Waals surface area contributed by atoms with E-state index in [-0.39, 0.29) is 5.78 Å². The van der Waals surface area contributed by atoms with Crippen molar-refractivity contribution < 1.29 is 9.00 Å². The predicted molar refractivity (Wildman–Crippen MR) is 120 cm³/mol. The van der Waals surface area contributed by atoms with Crippen molar-refractivity contribution in [3.05, 3.63) is 65.2 Å². The Hall–Kier alpha value is -2.02. The first-order chi connectivity index (χ1) is 14.1. The first-order valence-corrected chi connectivity index (χ1v) is 11.6. The van der Waals surface area contributed by atoms with Gasteiger partial charge in [-0.25, -0.2) is 8.51 Å². The molecule has 1 unspecified atom stereocenters. The van der Waals surface area contributed by atoms with Gasteiger partial charge in [-0.15, -0.1) is 0 Å². The van der Waals surface area contributed by atoms with Crippen molar-refractivity contribution in [2.75, 3.05) is 25.1 Å². The van der Waals surface area contributed by atoms with E-state index >= 15 is 0 Å². The van der Waals surface area contributed by atoms with Crippen LogP contribution in [0.2, 0.25) is 0 Å². The second-order valence-corrected chi connectivity index (χ2v) is 9.28. The smallest absolute Gasteiger partial charge is 0.193 e. The minimum absolute atomic E-state index is 0.0120. The highest BCUT2D eigenvalue weighted by molar-refractivity contribution is 7.82. The highest BCUT2D eigenvalue weighted by Gasteiger charge is 2.21. The Kier molecular flexibility index (Phi) is 7.98. The first-order valence-electron chi connectivity index (χ1n) is 10.4. The van der Waals surface area contributed by atoms with Crippen LogP contribution >= 0.6 is 0 Å². The molecule has 0 radical (unpaired) electrons. The maximum Gasteiger partial charge on any atom is 0.193 e. The summed E-state index contributed by atoms with van der Waals surface area (Å²) >= 11 is 0. The van der Waals surface area contributed by atoms with Gasteiger partial charge in [0.05, 0.1) is 16.7 Å². The van der Waals surface area contributed by atoms with Crippen LogP contribution in [0.4, 0.5) is 5.69 Å². The standard InChI is InChI=1S/C23H31N3O2S/c1-26(21-10-6-3-7-11-21)29(28)15-14-25-17-20-16-19(12-13-22(20)24)23(27)18-8-4-2-5-9-18/h2,4-5,8-9,12-13,16,21,25H,3,6-7,10-11,14-15,17,24H2,1H3. The van der Waals surface area contributed by atoms with Crippen LogP contribution < -0.4 is 11.1 Å². The summed E-state index contributed by atoms with van der Waals surface area (Å²) in [4.78, 5) is 12.6. The number of nitrogens with zero attached hydrogens (tertiary/aromatic N) is 1. The molecule has 0 amide bonds. The van der Waals surface area contributed by atoms with Gasteiger partial charge >= 0.3 is 0 Å². The van der Waals surface area contributed by atoms with E-state index in [1.807, 2.05) is 47.8 Å². The third kappa shape index (κ3) is 5.98. The van der Waals surface area contributed by atoms with E-state index in [0.717, 1.165) is 18.4 Å². The molecule has 1 saturated carbocycles. The molecule has 1 atom stereocenters. The second kappa shape index (κ2) is 10.7. The van der Waals surface area contributed by atoms with Crippen LogP contribution in [0, 0.1) is 0 Å². The van der Waals surface area contributed by atoms with Gasteiger partial charge < -0.3 is 11.1 Å². The molecule has 1 aliphatic carbocycles. The lowest BCUT2D eigenvalue weighted by Gasteiger charge is -2.30. The average molecular weight is 414 g/mol. The fraction of sp³-hybridized carbons (Fsp3) is 0.435. The lowest BCUT2D eigenvalue weighted by molar-refractivity contribution is 0.103. The van der Waals surface area contributed by atoms with Gasteiger partial charge in [0.25, 0.3) is 0 Å². The van der Waals surface area contributed by atoms with Crippen molar-refractivity contribution in [3.63, 3.8) is 0 Å². The van der Waals surface area contributed by atoms with Crippen molar-refractivity contribution in [2.24, 2.45) is 0 Å². The van der Waals surface area contributed by atoms with Gasteiger partial charge in [0.2, 0.25) is 0 Å². The summed E-state index contributed by atoms with van der Waals surface area (Å²) in [5.41, 5.74) is 8.93. The van der Waals surface area contributed by atoms with Gasteiger partial charge in [0.1, 0.15) is 0 Å². The van der Waals surface area contributed by atoms with Crippen molar-refractivity contribution >= 4 is 22.5 Å². The number of anilines is 1. The number of nitrogen functional groups attached to an aromatic ring is 1. The van der Waals surface area contributed by atoms with E-state index in [1.165, 1.54) is 19.3 Å². The molecule has 0 aromatic heterocycles. The summed E-state index contributed by atoms with van der Waals surface area (Å²) in [7, 11) is 0.998. The minimum Gasteiger partial charge on any atom is -0.398 e. The lowest BCUT2D eigenvalue weighted by Crippen LogP contribution is -2.37. The zero-order chi connectivity index (χ0) is 20.6. The monoisotopic (exact) mass is 413 g/mol. The minimum atomic E-state index is -0.977. The van der Waals surface area contributed by atoms with Crippen molar-refractivity contribution in [1.82, 2.24) is 9.62 Å². The Balaban J connectivity index is 1.51. The van der Waals surface area contributed by atoms with Crippen LogP contribution in [-0.4, -0.2) is 39.7 Å². The molecule has 0 spiro atoms. The third-order valence-electron chi connectivity index (χ3n) is 5.62. The molecule has 2 aromatic rings. The number of hydrogen-bond donors (Lipinski definition) is 2. The number of carbonyl (C=O) groups excluding carboxylic acids is 1. The Morgan fingerprint density at radius 2 is 1.83 bits per heavy atom. The molecule has 5 nitrogen and oxygen atoms in total. The molecule has 1 fully saturated rings. The number of hydrogen-bond acceptors (Lipinski definition) is 4. The van der Waals surface area contributed by atoms with Crippen LogP contribution in [0.15, 0.2) is 48.5 Å². The van der Waals surface area contributed by atoms with E-state index in [4.69, 9.17) is 5.73 Å². The summed E-state index contributed by atoms with van der Waals surface area (Å²) in [6, 6.07) is 15.1. The summed E-state index contributed by atoms with van der Waals surface area (Å²) in [6.07, 6.45) is 6.07. The third-order valence-corrected chi connectivity index (χ3v) is 7.11. The number of nitrogens with two attached hydrogens (primary N) is 1. The fourth-order valence-electron chi connectivity index (χ4n) is 3.79. The summed E-state index contributed by atoms with van der Waals surface area (Å²) in [6.45, 7) is 1.19. The maximum atomic E-state index is 12.6. The molecule has 6 heteroatoms. The Morgan fingerprint density at radius 3 is 2.55 bits per heavy atom. The fourth-order valence-corrected chi connectivity index (χ4v) is 4.94. The average Bonchev–Trinajstić information content (AvgIpc) is 2.77. The lowest BCUT2D eigenvalue weighted by atomic mass is 9.96. The van der Waals surface area contributed by atoms with Crippen molar-refractivity contribution in [2.45, 2.75) is 44.7 Å². The zero-order valence-corrected chi connectivity index (χ0v) is 17.9. The first kappa shape index (κ1) is 21.7. The van der Waals surface area contributed by atoms with E-state index in [1.54, 1.807) is 12.1 Å². The molecule has 156 valence electrons. The van der Waals surface area contributed by atoms with E-state index in [9.17, 15) is 9.00 Å². The molecule has 2 aromatic carbocycles. The van der Waals surface area contributed by atoms with Crippen molar-refractivity contribution in [3.8, 4) is 0 Å². The number of benzene rings is 2. The van der Waals surface area contributed by atoms with Crippen LogP contribution in [-0.2, 0) is 17.5 Å². The molecule has 0 saturated heterocycles. The Bertz CT molecular complexity index is 835. The summed E-state index contributed by atoms with van der Waals surface area (Å²) < 4.78 is 14.6. The van der Waals surface area contributed by atoms with E-state index in [2.05, 4.69) is 5.32 Å². The van der Waals surface area contributed by atoms with E-state index < -0.39 is 11.0 Å². The van der Waals surface area contributed by atoms with Crippen LogP contribution in [0.5, 0.6) is 0 Å². The van der Waals surface area contributed by atoms with Crippen molar-refractivity contribution in [1.29, 1.82) is 0 Å². The van der Waals surface area contributed by atoms with Gasteiger partial charge in [-0.05, 0) is 36.6 Å². The summed E-state index contributed by atoms with van der Waals surface area (Å²) in [5.74, 6) is 0.567. The quantitative estimate of drug-likeness (QED) is 0.375. The highest BCUT2D eigenvalue weighted by Crippen LogP contribution is 2.22. The topological polar surface area (TPSA) is 75.4 Å². The zero-order valence-electron chi connectivity index (χ0n) is 17.1. The normalized spacial score (nSPS) is 16.1. The van der Waals surface area contributed by atoms with E-state index in [0.29, 0.717) is 41.7 Å². The molecule has 3 rings (SSSR count). The van der Waals surface area contributed by atoms with Crippen LogP contribution in [0.1, 0.15) is 53.6 Å². The molecule has 0 heterocycles. The molecule has 1 aliphatic rings. The number of ketones is 1. The summed E-state index contributed by atoms with van der Waals surface area (Å²) in [5, 5.41) is 3.33. The Morgan fingerprint density at radius 1 is 1.10 bits per heavy atom. The van der Waals surface area contributed by atoms with Gasteiger partial charge in [-0.2, -0.15) is 0 Å². The van der Waals surface area contributed by atoms with Gasteiger partial charge in [0, 0.05) is 43.0 Å². The maximum absolute atomic E-state index is 12.6. The number of carbonyl (C=O) groups is 1. The van der Waals surface area contributed by atoms with Gasteiger partial charge in [0.15, 0.2) is 5.78 Å². The molecule has 0 aliphatic heterocycles. The molecule has 29 heavy (non-hydrogen) atoms. The Labute approximate surface area is 176 Å². The molecule has 0 bridgehead atoms. The molecule has 3 N–H and O–H groups in total. The largest absolute Gasteiger partial charge is 0.398 e. The highest BCUT2D eigenvalue weighted by atomic mass is 32.2. The molecular weight excluding hydrogens is 382 g/mol. The molecular formula is C23H31N3O2S. The van der Waals surface area contributed by atoms with Gasteiger partial charge in [-0.1, -0.05) is 49.6 Å². The SMILES string of the molecule is CN(C1CCCCC1)S(=O)CCNCc1cc(C(=O)c2ccccc2)ccc1N.